The predicted octanol–water partition coefficient (Wildman–Crippen LogP) is 2.59. The lowest BCUT2D eigenvalue weighted by atomic mass is 10.1. The second-order valence-corrected chi connectivity index (χ2v) is 5.94. The van der Waals surface area contributed by atoms with E-state index < -0.39 is 5.60 Å². The number of nitrogens with zero attached hydrogens (tertiary/aromatic N) is 3. The molecule has 0 amide bonds. The number of rotatable bonds is 5. The molecule has 0 fully saturated rings. The predicted molar refractivity (Wildman–Crippen MR) is 77.4 cm³/mol. The fourth-order valence-corrected chi connectivity index (χ4v) is 2.11. The van der Waals surface area contributed by atoms with Gasteiger partial charge in [-0.2, -0.15) is 4.98 Å². The first kappa shape index (κ1) is 15.0. The van der Waals surface area contributed by atoms with Crippen molar-refractivity contribution in [2.24, 2.45) is 0 Å². The molecule has 0 bridgehead atoms. The first-order chi connectivity index (χ1) is 9.33. The minimum absolute atomic E-state index is 0.491. The third kappa shape index (κ3) is 4.30. The van der Waals surface area contributed by atoms with Crippen molar-refractivity contribution in [3.63, 3.8) is 0 Å². The molecular weight excluding hydrogens is 278 g/mol. The molecule has 0 aliphatic carbocycles. The fourth-order valence-electron chi connectivity index (χ4n) is 1.98. The van der Waals surface area contributed by atoms with E-state index in [-0.39, 0.29) is 0 Å². The molecule has 6 heteroatoms. The van der Waals surface area contributed by atoms with Crippen LogP contribution in [0.15, 0.2) is 28.8 Å². The van der Waals surface area contributed by atoms with Crippen molar-refractivity contribution in [2.45, 2.75) is 26.0 Å². The van der Waals surface area contributed by atoms with E-state index in [2.05, 4.69) is 10.1 Å². The SMILES string of the molecule is CN(Cc1nc(-c2ccc(Cl)cc2)no1)CC(C)(C)O. The smallest absolute Gasteiger partial charge is 0.241 e. The molecule has 2 rings (SSSR count). The van der Waals surface area contributed by atoms with Gasteiger partial charge in [0.25, 0.3) is 0 Å². The molecule has 108 valence electrons. The Morgan fingerprint density at radius 3 is 2.55 bits per heavy atom. The highest BCUT2D eigenvalue weighted by Gasteiger charge is 2.17. The molecule has 0 spiro atoms. The van der Waals surface area contributed by atoms with Crippen LogP contribution in [0.4, 0.5) is 0 Å². The molecule has 20 heavy (non-hydrogen) atoms. The topological polar surface area (TPSA) is 62.4 Å². The summed E-state index contributed by atoms with van der Waals surface area (Å²) in [4.78, 5) is 6.27. The Kier molecular flexibility index (Phi) is 4.42. The number of hydrogen-bond donors (Lipinski definition) is 1. The number of aliphatic hydroxyl groups is 1. The van der Waals surface area contributed by atoms with E-state index in [0.717, 1.165) is 5.56 Å². The van der Waals surface area contributed by atoms with E-state index in [1.165, 1.54) is 0 Å². The summed E-state index contributed by atoms with van der Waals surface area (Å²) in [7, 11) is 1.89. The minimum Gasteiger partial charge on any atom is -0.389 e. The zero-order valence-electron chi connectivity index (χ0n) is 11.8. The van der Waals surface area contributed by atoms with Gasteiger partial charge in [0.2, 0.25) is 11.7 Å². The maximum absolute atomic E-state index is 9.75. The molecule has 1 heterocycles. The third-order valence-electron chi connectivity index (χ3n) is 2.63. The molecule has 2 aromatic rings. The number of aromatic nitrogens is 2. The second kappa shape index (κ2) is 5.91. The van der Waals surface area contributed by atoms with Crippen molar-refractivity contribution < 1.29 is 9.63 Å². The monoisotopic (exact) mass is 295 g/mol. The largest absolute Gasteiger partial charge is 0.389 e. The minimum atomic E-state index is -0.756. The average molecular weight is 296 g/mol. The Morgan fingerprint density at radius 1 is 1.30 bits per heavy atom. The van der Waals surface area contributed by atoms with Gasteiger partial charge in [-0.3, -0.25) is 4.90 Å². The molecule has 0 saturated heterocycles. The quantitative estimate of drug-likeness (QED) is 0.918. The van der Waals surface area contributed by atoms with Crippen molar-refractivity contribution >= 4 is 11.6 Å². The summed E-state index contributed by atoms with van der Waals surface area (Å²) < 4.78 is 5.22. The van der Waals surface area contributed by atoms with Crippen molar-refractivity contribution in [3.05, 3.63) is 35.2 Å². The Labute approximate surface area is 123 Å². The first-order valence-electron chi connectivity index (χ1n) is 6.33. The zero-order chi connectivity index (χ0) is 14.8. The summed E-state index contributed by atoms with van der Waals surface area (Å²) in [5.41, 5.74) is 0.0999. The maximum Gasteiger partial charge on any atom is 0.241 e. The van der Waals surface area contributed by atoms with Crippen LogP contribution in [0.1, 0.15) is 19.7 Å². The van der Waals surface area contributed by atoms with Crippen LogP contribution in [0.2, 0.25) is 5.02 Å². The van der Waals surface area contributed by atoms with E-state index in [1.807, 2.05) is 24.1 Å². The Bertz CT molecular complexity index is 561. The van der Waals surface area contributed by atoms with Gasteiger partial charge in [0, 0.05) is 17.1 Å². The van der Waals surface area contributed by atoms with Gasteiger partial charge in [-0.15, -0.1) is 0 Å². The molecule has 1 aromatic carbocycles. The lowest BCUT2D eigenvalue weighted by Crippen LogP contribution is -2.35. The number of likely N-dealkylation sites (N-methyl/N-ethyl adjacent to an activating group) is 1. The number of hydrogen-bond acceptors (Lipinski definition) is 5. The van der Waals surface area contributed by atoms with Gasteiger partial charge < -0.3 is 9.63 Å². The lowest BCUT2D eigenvalue weighted by molar-refractivity contribution is 0.0397. The van der Waals surface area contributed by atoms with Crippen LogP contribution in [-0.2, 0) is 6.54 Å². The molecular formula is C14H18ClN3O2. The van der Waals surface area contributed by atoms with E-state index in [9.17, 15) is 5.11 Å². The van der Waals surface area contributed by atoms with Crippen LogP contribution < -0.4 is 0 Å². The summed E-state index contributed by atoms with van der Waals surface area (Å²) in [5.74, 6) is 1.05. The van der Waals surface area contributed by atoms with Crippen LogP contribution in [0, 0.1) is 0 Å². The summed E-state index contributed by atoms with van der Waals surface area (Å²) in [6.07, 6.45) is 0. The number of halogens is 1. The highest BCUT2D eigenvalue weighted by atomic mass is 35.5. The van der Waals surface area contributed by atoms with E-state index >= 15 is 0 Å². The lowest BCUT2D eigenvalue weighted by Gasteiger charge is -2.23. The molecule has 0 aliphatic rings. The van der Waals surface area contributed by atoms with Crippen LogP contribution in [0.3, 0.4) is 0 Å². The van der Waals surface area contributed by atoms with Crippen LogP contribution in [0.25, 0.3) is 11.4 Å². The van der Waals surface area contributed by atoms with Crippen molar-refractivity contribution in [2.75, 3.05) is 13.6 Å². The summed E-state index contributed by atoms with van der Waals surface area (Å²) in [6.45, 7) is 4.53. The maximum atomic E-state index is 9.75. The molecule has 0 unspecified atom stereocenters. The molecule has 1 aromatic heterocycles. The molecule has 0 atom stereocenters. The van der Waals surface area contributed by atoms with E-state index in [4.69, 9.17) is 16.1 Å². The molecule has 0 aliphatic heterocycles. The van der Waals surface area contributed by atoms with E-state index in [0.29, 0.717) is 29.8 Å². The van der Waals surface area contributed by atoms with Gasteiger partial charge in [0.15, 0.2) is 0 Å². The standard InChI is InChI=1S/C14H18ClN3O2/c1-14(2,19)9-18(3)8-12-16-13(17-20-12)10-4-6-11(15)7-5-10/h4-7,19H,8-9H2,1-3H3. The fraction of sp³-hybridized carbons (Fsp3) is 0.429. The summed E-state index contributed by atoms with van der Waals surface area (Å²) in [6, 6.07) is 7.26. The normalized spacial score (nSPS) is 12.1. The van der Waals surface area contributed by atoms with Gasteiger partial charge >= 0.3 is 0 Å². The highest BCUT2D eigenvalue weighted by Crippen LogP contribution is 2.19. The van der Waals surface area contributed by atoms with E-state index in [1.54, 1.807) is 26.0 Å². The molecule has 0 saturated carbocycles. The van der Waals surface area contributed by atoms with Gasteiger partial charge in [-0.05, 0) is 45.2 Å². The van der Waals surface area contributed by atoms with Gasteiger partial charge in [0.1, 0.15) is 0 Å². The Balaban J connectivity index is 2.04. The first-order valence-corrected chi connectivity index (χ1v) is 6.71. The molecule has 0 radical (unpaired) electrons. The van der Waals surface area contributed by atoms with Gasteiger partial charge in [-0.1, -0.05) is 16.8 Å². The van der Waals surface area contributed by atoms with Gasteiger partial charge in [0.05, 0.1) is 12.1 Å². The van der Waals surface area contributed by atoms with Crippen molar-refractivity contribution in [1.29, 1.82) is 0 Å². The number of benzene rings is 1. The van der Waals surface area contributed by atoms with Gasteiger partial charge in [-0.25, -0.2) is 0 Å². The van der Waals surface area contributed by atoms with Crippen LogP contribution >= 0.6 is 11.6 Å². The summed E-state index contributed by atoms with van der Waals surface area (Å²) in [5, 5.41) is 14.4. The van der Waals surface area contributed by atoms with Crippen molar-refractivity contribution in [1.82, 2.24) is 15.0 Å². The van der Waals surface area contributed by atoms with Crippen LogP contribution in [0.5, 0.6) is 0 Å². The Hall–Kier alpha value is -1.43. The third-order valence-corrected chi connectivity index (χ3v) is 2.88. The average Bonchev–Trinajstić information content (AvgIpc) is 2.75. The molecule has 1 N–H and O–H groups in total. The summed E-state index contributed by atoms with van der Waals surface area (Å²) >= 11 is 5.84. The van der Waals surface area contributed by atoms with Crippen LogP contribution in [-0.4, -0.2) is 39.3 Å². The zero-order valence-corrected chi connectivity index (χ0v) is 12.6. The molecule has 5 nitrogen and oxygen atoms in total. The highest BCUT2D eigenvalue weighted by molar-refractivity contribution is 6.30. The Morgan fingerprint density at radius 2 is 1.95 bits per heavy atom. The second-order valence-electron chi connectivity index (χ2n) is 5.50. The van der Waals surface area contributed by atoms with Crippen molar-refractivity contribution in [3.8, 4) is 11.4 Å².